The molecule has 1 aromatic rings. The largest absolute Gasteiger partial charge is 1.00 e. The van der Waals surface area contributed by atoms with E-state index in [-0.39, 0.29) is 62.9 Å². The molecule has 0 aromatic heterocycles. The van der Waals surface area contributed by atoms with Gasteiger partial charge in [-0.05, 0) is 17.7 Å². The smallest absolute Gasteiger partial charge is 0.445 e. The van der Waals surface area contributed by atoms with Gasteiger partial charge in [-0.15, -0.1) is 5.98 Å². The van der Waals surface area contributed by atoms with E-state index in [4.69, 9.17) is 0 Å². The number of hydrogen-bond acceptors (Lipinski definition) is 0. The predicted molar refractivity (Wildman–Crippen MR) is 44.5 cm³/mol. The van der Waals surface area contributed by atoms with Crippen molar-refractivity contribution in [3.63, 3.8) is 0 Å². The van der Waals surface area contributed by atoms with E-state index < -0.39 is 18.6 Å². The van der Waals surface area contributed by atoms with Gasteiger partial charge >= 0.3 is 58.4 Å². The summed E-state index contributed by atoms with van der Waals surface area (Å²) in [5, 5.41) is 0. The molecule has 15 heavy (non-hydrogen) atoms. The third kappa shape index (κ3) is 5.82. The molecule has 0 amide bonds. The monoisotopic (exact) mass is 246 g/mol. The molecule has 0 fully saturated rings. The second kappa shape index (κ2) is 6.15. The van der Waals surface area contributed by atoms with Crippen molar-refractivity contribution < 1.29 is 73.1 Å². The van der Waals surface area contributed by atoms with Crippen LogP contribution in [0.4, 0.5) is 21.7 Å². The van der Waals surface area contributed by atoms with Gasteiger partial charge in [-0.1, -0.05) is 12.1 Å². The van der Waals surface area contributed by atoms with Crippen molar-refractivity contribution in [2.75, 3.05) is 0 Å². The van der Waals surface area contributed by atoms with E-state index in [1.165, 1.54) is 0 Å². The predicted octanol–water partition coefficient (Wildman–Crippen LogP) is 0.369. The summed E-state index contributed by atoms with van der Waals surface area (Å²) < 4.78 is 60.1. The quantitative estimate of drug-likeness (QED) is 0.522. The van der Waals surface area contributed by atoms with E-state index in [2.05, 4.69) is 0 Å². The maximum absolute atomic E-state index is 12.5. The number of halogens is 5. The minimum atomic E-state index is -5.04. The summed E-state index contributed by atoms with van der Waals surface area (Å²) in [7, 11) is 0. The van der Waals surface area contributed by atoms with Crippen molar-refractivity contribution in [2.45, 2.75) is 0 Å². The normalized spacial score (nSPS) is 11.5. The van der Waals surface area contributed by atoms with Gasteiger partial charge in [0.05, 0.1) is 0 Å². The van der Waals surface area contributed by atoms with Crippen LogP contribution in [0.2, 0.25) is 0 Å². The fourth-order valence-electron chi connectivity index (χ4n) is 0.836. The Labute approximate surface area is 126 Å². The van der Waals surface area contributed by atoms with Crippen LogP contribution in [-0.2, 0) is 0 Å². The van der Waals surface area contributed by atoms with E-state index in [0.717, 1.165) is 12.1 Å². The van der Waals surface area contributed by atoms with Gasteiger partial charge in [-0.2, -0.15) is 0 Å². The second-order valence-corrected chi connectivity index (χ2v) is 2.66. The SMILES string of the molecule is Fc1ccc(/C=C/[B-](F)(F)F)cc1F.[K+]. The molecule has 0 radical (unpaired) electrons. The molecule has 0 saturated carbocycles. The average molecular weight is 246 g/mol. The first-order chi connectivity index (χ1) is 6.38. The van der Waals surface area contributed by atoms with Crippen LogP contribution < -0.4 is 51.4 Å². The summed E-state index contributed by atoms with van der Waals surface area (Å²) in [6, 6.07) is 2.54. The van der Waals surface area contributed by atoms with Crippen LogP contribution in [0, 0.1) is 11.6 Å². The van der Waals surface area contributed by atoms with Crippen molar-refractivity contribution in [1.29, 1.82) is 0 Å². The molecule has 76 valence electrons. The molecule has 7 heteroatoms. The Morgan fingerprint density at radius 1 is 1.00 bits per heavy atom. The van der Waals surface area contributed by atoms with Gasteiger partial charge in [-0.3, -0.25) is 0 Å². The van der Waals surface area contributed by atoms with Crippen LogP contribution in [-0.4, -0.2) is 6.98 Å². The molecule has 0 bridgehead atoms. The van der Waals surface area contributed by atoms with E-state index in [0.29, 0.717) is 12.1 Å². The molecule has 0 aliphatic carbocycles. The summed E-state index contributed by atoms with van der Waals surface area (Å²) >= 11 is 0. The summed E-state index contributed by atoms with van der Waals surface area (Å²) in [4.78, 5) is 0. The molecular weight excluding hydrogens is 241 g/mol. The number of hydrogen-bond donors (Lipinski definition) is 0. The first-order valence-electron chi connectivity index (χ1n) is 3.73. The first-order valence-corrected chi connectivity index (χ1v) is 3.73. The van der Waals surface area contributed by atoms with Gasteiger partial charge in [0.15, 0.2) is 11.6 Å². The zero-order chi connectivity index (χ0) is 10.8. The molecule has 0 spiro atoms. The van der Waals surface area contributed by atoms with Crippen molar-refractivity contribution in [2.24, 2.45) is 0 Å². The summed E-state index contributed by atoms with van der Waals surface area (Å²) in [6.07, 6.45) is 0.697. The summed E-state index contributed by atoms with van der Waals surface area (Å²) in [5.41, 5.74) is -0.0249. The topological polar surface area (TPSA) is 0 Å². The second-order valence-electron chi connectivity index (χ2n) is 2.66. The zero-order valence-corrected chi connectivity index (χ0v) is 11.0. The van der Waals surface area contributed by atoms with Crippen molar-refractivity contribution in [3.8, 4) is 0 Å². The molecule has 0 aliphatic rings. The molecule has 1 aromatic carbocycles. The minimum absolute atomic E-state index is 0. The Hall–Kier alpha value is 0.311. The van der Waals surface area contributed by atoms with Crippen LogP contribution in [0.3, 0.4) is 0 Å². The molecule has 0 unspecified atom stereocenters. The molecule has 1 rings (SSSR count). The van der Waals surface area contributed by atoms with Crippen molar-refractivity contribution in [3.05, 3.63) is 41.4 Å². The van der Waals surface area contributed by atoms with Crippen LogP contribution in [0.15, 0.2) is 24.2 Å². The van der Waals surface area contributed by atoms with Gasteiger partial charge < -0.3 is 12.9 Å². The maximum atomic E-state index is 12.5. The summed E-state index contributed by atoms with van der Waals surface area (Å²) in [5.74, 6) is -2.23. The molecule has 0 aliphatic heterocycles. The third-order valence-corrected chi connectivity index (χ3v) is 1.45. The Morgan fingerprint density at radius 3 is 2.07 bits per heavy atom. The van der Waals surface area contributed by atoms with Crippen LogP contribution >= 0.6 is 0 Å². The van der Waals surface area contributed by atoms with Crippen molar-refractivity contribution >= 4 is 13.1 Å². The zero-order valence-electron chi connectivity index (χ0n) is 7.85. The molecule has 0 atom stereocenters. The molecular formula is C8H5BF5K. The fraction of sp³-hybridized carbons (Fsp3) is 0. The van der Waals surface area contributed by atoms with E-state index in [1.54, 1.807) is 0 Å². The molecule has 0 N–H and O–H groups in total. The Balaban J connectivity index is 0.00000196. The first kappa shape index (κ1) is 15.3. The van der Waals surface area contributed by atoms with Crippen LogP contribution in [0.5, 0.6) is 0 Å². The standard InChI is InChI=1S/C8H5BF5.K/c10-7-2-1-6(5-8(7)11)3-4-9(12,13)14;/h1-5H;/q-1;+1/b4-3+;. The maximum Gasteiger partial charge on any atom is 1.00 e. The van der Waals surface area contributed by atoms with Gasteiger partial charge in [0, 0.05) is 0 Å². The summed E-state index contributed by atoms with van der Waals surface area (Å²) in [6.45, 7) is -5.04. The Kier molecular flexibility index (Phi) is 6.27. The van der Waals surface area contributed by atoms with Gasteiger partial charge in [0.1, 0.15) is 0 Å². The van der Waals surface area contributed by atoms with Gasteiger partial charge in [0.25, 0.3) is 0 Å². The minimum Gasteiger partial charge on any atom is -0.445 e. The molecule has 0 heterocycles. The van der Waals surface area contributed by atoms with Crippen LogP contribution in [0.25, 0.3) is 6.08 Å². The molecule has 0 saturated heterocycles. The van der Waals surface area contributed by atoms with Gasteiger partial charge in [0.2, 0.25) is 0 Å². The van der Waals surface area contributed by atoms with E-state index >= 15 is 0 Å². The van der Waals surface area contributed by atoms with E-state index in [9.17, 15) is 21.7 Å². The molecule has 0 nitrogen and oxygen atoms in total. The fourth-order valence-corrected chi connectivity index (χ4v) is 0.836. The number of rotatable bonds is 2. The Bertz CT molecular complexity index is 361. The Morgan fingerprint density at radius 2 is 1.60 bits per heavy atom. The number of benzene rings is 1. The van der Waals surface area contributed by atoms with Crippen LogP contribution in [0.1, 0.15) is 5.56 Å². The average Bonchev–Trinajstić information content (AvgIpc) is 2.06. The van der Waals surface area contributed by atoms with Crippen molar-refractivity contribution in [1.82, 2.24) is 0 Å². The van der Waals surface area contributed by atoms with E-state index in [1.807, 2.05) is 0 Å². The third-order valence-electron chi connectivity index (χ3n) is 1.45. The van der Waals surface area contributed by atoms with Gasteiger partial charge in [-0.25, -0.2) is 8.78 Å².